The van der Waals surface area contributed by atoms with Gasteiger partial charge in [0.1, 0.15) is 5.82 Å². The molecule has 4 nitrogen and oxygen atoms in total. The number of nitrogens with two attached hydrogens (primary N) is 1. The molecule has 0 bridgehead atoms. The molecule has 0 saturated carbocycles. The Morgan fingerprint density at radius 2 is 1.96 bits per heavy atom. The van der Waals surface area contributed by atoms with Gasteiger partial charge in [0.15, 0.2) is 0 Å². The zero-order chi connectivity index (χ0) is 16.9. The monoisotopic (exact) mass is 336 g/mol. The maximum absolute atomic E-state index is 9.35. The third-order valence-electron chi connectivity index (χ3n) is 4.11. The van der Waals surface area contributed by atoms with Gasteiger partial charge in [0, 0.05) is 0 Å². The van der Waals surface area contributed by atoms with Gasteiger partial charge < -0.3 is 10.3 Å². The molecule has 0 aliphatic heterocycles. The Balaban J connectivity index is 2.06. The van der Waals surface area contributed by atoms with Crippen LogP contribution in [0.2, 0.25) is 0 Å². The number of para-hydroxylation sites is 2. The van der Waals surface area contributed by atoms with Crippen LogP contribution in [0.4, 0.5) is 0 Å². The first-order valence-electron chi connectivity index (χ1n) is 7.92. The lowest BCUT2D eigenvalue weighted by molar-refractivity contribution is 0.609. The summed E-state index contributed by atoms with van der Waals surface area (Å²) in [5, 5.41) is 9.35. The Bertz CT molecular complexity index is 878. The molecule has 0 fully saturated rings. The van der Waals surface area contributed by atoms with Crippen LogP contribution in [0.1, 0.15) is 29.4 Å². The van der Waals surface area contributed by atoms with Crippen molar-refractivity contribution in [3.05, 3.63) is 65.5 Å². The molecule has 0 radical (unpaired) electrons. The minimum absolute atomic E-state index is 0.112. The van der Waals surface area contributed by atoms with Crippen molar-refractivity contribution in [2.45, 2.75) is 19.0 Å². The molecule has 3 aromatic rings. The number of thioether (sulfide) groups is 1. The Hall–Kier alpha value is -2.29. The van der Waals surface area contributed by atoms with E-state index < -0.39 is 0 Å². The summed E-state index contributed by atoms with van der Waals surface area (Å²) in [5.74, 6) is 1.89. The summed E-state index contributed by atoms with van der Waals surface area (Å²) >= 11 is 1.79. The number of nitrogens with zero attached hydrogens (tertiary/aromatic N) is 3. The molecule has 0 aliphatic rings. The summed E-state index contributed by atoms with van der Waals surface area (Å²) in [6.45, 7) is 0.604. The van der Waals surface area contributed by atoms with Crippen molar-refractivity contribution in [3.8, 4) is 6.07 Å². The Morgan fingerprint density at radius 3 is 2.75 bits per heavy atom. The van der Waals surface area contributed by atoms with Gasteiger partial charge in [0.2, 0.25) is 0 Å². The molecule has 1 unspecified atom stereocenters. The fraction of sp³-hybridized carbons (Fsp3) is 0.263. The van der Waals surface area contributed by atoms with Crippen LogP contribution in [0.15, 0.2) is 48.5 Å². The second kappa shape index (κ2) is 7.52. The quantitative estimate of drug-likeness (QED) is 0.745. The van der Waals surface area contributed by atoms with Crippen LogP contribution in [-0.4, -0.2) is 21.6 Å². The second-order valence-electron chi connectivity index (χ2n) is 5.70. The van der Waals surface area contributed by atoms with Crippen LogP contribution in [0.3, 0.4) is 0 Å². The van der Waals surface area contributed by atoms with E-state index in [1.165, 1.54) is 0 Å². The van der Waals surface area contributed by atoms with Gasteiger partial charge in [-0.3, -0.25) is 0 Å². The van der Waals surface area contributed by atoms with Crippen molar-refractivity contribution >= 4 is 22.8 Å². The fourth-order valence-electron chi connectivity index (χ4n) is 2.85. The van der Waals surface area contributed by atoms with Crippen LogP contribution in [0.25, 0.3) is 11.0 Å². The van der Waals surface area contributed by atoms with Crippen LogP contribution in [0, 0.1) is 11.3 Å². The molecule has 0 amide bonds. The third-order valence-corrected chi connectivity index (χ3v) is 4.76. The van der Waals surface area contributed by atoms with Crippen molar-refractivity contribution in [2.75, 3.05) is 12.0 Å². The summed E-state index contributed by atoms with van der Waals surface area (Å²) in [6, 6.07) is 17.9. The number of aromatic nitrogens is 2. The number of rotatable bonds is 6. The lowest BCUT2D eigenvalue weighted by atomic mass is 10.1. The molecule has 0 spiro atoms. The summed E-state index contributed by atoms with van der Waals surface area (Å²) in [4.78, 5) is 4.76. The molecule has 1 aromatic heterocycles. The molecule has 5 heteroatoms. The maximum atomic E-state index is 9.35. The van der Waals surface area contributed by atoms with Gasteiger partial charge in [-0.25, -0.2) is 4.98 Å². The first-order valence-corrected chi connectivity index (χ1v) is 9.31. The molecular formula is C19H20N4S. The first-order chi connectivity index (χ1) is 11.7. The number of hydrogen-bond acceptors (Lipinski definition) is 4. The number of hydrogen-bond donors (Lipinski definition) is 1. The van der Waals surface area contributed by atoms with Gasteiger partial charge in [0.05, 0.1) is 35.3 Å². The van der Waals surface area contributed by atoms with Crippen molar-refractivity contribution in [2.24, 2.45) is 5.73 Å². The van der Waals surface area contributed by atoms with Crippen LogP contribution in [-0.2, 0) is 6.54 Å². The average molecular weight is 336 g/mol. The number of imidazole rings is 1. The van der Waals surface area contributed by atoms with E-state index in [1.54, 1.807) is 11.8 Å². The summed E-state index contributed by atoms with van der Waals surface area (Å²) in [5.41, 5.74) is 10.1. The molecule has 122 valence electrons. The van der Waals surface area contributed by atoms with Crippen molar-refractivity contribution in [3.63, 3.8) is 0 Å². The highest BCUT2D eigenvalue weighted by molar-refractivity contribution is 7.98. The van der Waals surface area contributed by atoms with Gasteiger partial charge in [-0.15, -0.1) is 0 Å². The van der Waals surface area contributed by atoms with Gasteiger partial charge in [0.25, 0.3) is 0 Å². The first kappa shape index (κ1) is 16.6. The van der Waals surface area contributed by atoms with Crippen LogP contribution in [0.5, 0.6) is 0 Å². The second-order valence-corrected chi connectivity index (χ2v) is 6.69. The SMILES string of the molecule is CSCCC(N)c1nc2ccccc2n1Cc1ccccc1C#N. The van der Waals surface area contributed by atoms with E-state index in [0.717, 1.165) is 34.6 Å². The normalized spacial score (nSPS) is 12.2. The van der Waals surface area contributed by atoms with Crippen molar-refractivity contribution in [1.29, 1.82) is 5.26 Å². The minimum atomic E-state index is -0.112. The van der Waals surface area contributed by atoms with Gasteiger partial charge in [-0.1, -0.05) is 30.3 Å². The predicted octanol–water partition coefficient (Wildman–Crippen LogP) is 3.71. The molecule has 0 aliphatic carbocycles. The number of nitriles is 1. The topological polar surface area (TPSA) is 67.6 Å². The fourth-order valence-corrected chi connectivity index (χ4v) is 3.34. The Kier molecular flexibility index (Phi) is 5.19. The van der Waals surface area contributed by atoms with Crippen molar-refractivity contribution in [1.82, 2.24) is 9.55 Å². The molecule has 0 saturated heterocycles. The smallest absolute Gasteiger partial charge is 0.127 e. The maximum Gasteiger partial charge on any atom is 0.127 e. The molecule has 1 heterocycles. The van der Waals surface area contributed by atoms with Gasteiger partial charge in [-0.2, -0.15) is 17.0 Å². The Morgan fingerprint density at radius 1 is 1.21 bits per heavy atom. The van der Waals surface area contributed by atoms with E-state index in [4.69, 9.17) is 10.7 Å². The van der Waals surface area contributed by atoms with Crippen LogP contribution >= 0.6 is 11.8 Å². The van der Waals surface area contributed by atoms with Gasteiger partial charge >= 0.3 is 0 Å². The molecule has 2 aromatic carbocycles. The van der Waals surface area contributed by atoms with Crippen LogP contribution < -0.4 is 5.73 Å². The molecule has 1 atom stereocenters. The van der Waals surface area contributed by atoms with E-state index >= 15 is 0 Å². The third kappa shape index (κ3) is 3.30. The zero-order valence-corrected chi connectivity index (χ0v) is 14.5. The molecule has 24 heavy (non-hydrogen) atoms. The van der Waals surface area contributed by atoms with E-state index in [2.05, 4.69) is 23.0 Å². The lowest BCUT2D eigenvalue weighted by Gasteiger charge is -2.15. The number of fused-ring (bicyclic) bond motifs is 1. The molecular weight excluding hydrogens is 316 g/mol. The van der Waals surface area contributed by atoms with E-state index in [1.807, 2.05) is 42.5 Å². The molecule has 2 N–H and O–H groups in total. The van der Waals surface area contributed by atoms with E-state index in [0.29, 0.717) is 12.1 Å². The highest BCUT2D eigenvalue weighted by Gasteiger charge is 2.17. The van der Waals surface area contributed by atoms with E-state index in [9.17, 15) is 5.26 Å². The summed E-state index contributed by atoms with van der Waals surface area (Å²) in [7, 11) is 0. The molecule has 3 rings (SSSR count). The summed E-state index contributed by atoms with van der Waals surface area (Å²) in [6.07, 6.45) is 2.96. The highest BCUT2D eigenvalue weighted by Crippen LogP contribution is 2.24. The van der Waals surface area contributed by atoms with Crippen molar-refractivity contribution < 1.29 is 0 Å². The minimum Gasteiger partial charge on any atom is -0.322 e. The Labute approximate surface area is 146 Å². The standard InChI is InChI=1S/C19H20N4S/c1-24-11-10-16(21)19-22-17-8-4-5-9-18(17)23(19)13-15-7-3-2-6-14(15)12-20/h2-9,16H,10-11,13,21H2,1H3. The largest absolute Gasteiger partial charge is 0.322 e. The highest BCUT2D eigenvalue weighted by atomic mass is 32.2. The average Bonchev–Trinajstić information content (AvgIpc) is 2.99. The van der Waals surface area contributed by atoms with Gasteiger partial charge in [-0.05, 0) is 42.2 Å². The van der Waals surface area contributed by atoms with E-state index in [-0.39, 0.29) is 6.04 Å². The zero-order valence-electron chi connectivity index (χ0n) is 13.6. The summed E-state index contributed by atoms with van der Waals surface area (Å²) < 4.78 is 2.15. The predicted molar refractivity (Wildman–Crippen MR) is 99.9 cm³/mol. The number of benzene rings is 2. The lowest BCUT2D eigenvalue weighted by Crippen LogP contribution is -2.18.